The van der Waals surface area contributed by atoms with Crippen molar-refractivity contribution < 1.29 is 13.6 Å². The largest absolute Gasteiger partial charge is 0.366 e. The molecule has 2 aromatic heterocycles. The lowest BCUT2D eigenvalue weighted by atomic mass is 9.90. The fourth-order valence-electron chi connectivity index (χ4n) is 3.93. The molecule has 0 bridgehead atoms. The summed E-state index contributed by atoms with van der Waals surface area (Å²) >= 11 is 0. The number of anilines is 1. The molecule has 9 heteroatoms. The molecule has 0 saturated carbocycles. The number of benzene rings is 1. The standard InChI is InChI=1S/C22H24F2N6O/c1-14-4-3-9-29(20(14)13-26-21-19(24)10-17(23)12-25-21)22(31)16-5-7-18(8-6-16)30-27-11-15(2)28-30/h5-8,10-12,14,20H,3-4,9,13H2,1-2H3,(H,25,26)/t14-,20-/m1/s1. The van der Waals surface area contributed by atoms with Crippen LogP contribution in [0.5, 0.6) is 0 Å². The van der Waals surface area contributed by atoms with Gasteiger partial charge in [-0.3, -0.25) is 4.79 Å². The number of hydrogen-bond donors (Lipinski definition) is 1. The Morgan fingerprint density at radius 2 is 2.00 bits per heavy atom. The van der Waals surface area contributed by atoms with Gasteiger partial charge in [0.1, 0.15) is 5.82 Å². The van der Waals surface area contributed by atoms with E-state index in [2.05, 4.69) is 27.4 Å². The second kappa shape index (κ2) is 8.79. The summed E-state index contributed by atoms with van der Waals surface area (Å²) in [6, 6.07) is 7.81. The van der Waals surface area contributed by atoms with Gasteiger partial charge < -0.3 is 10.2 Å². The Bertz CT molecular complexity index is 1070. The smallest absolute Gasteiger partial charge is 0.254 e. The fourth-order valence-corrected chi connectivity index (χ4v) is 3.93. The number of aromatic nitrogens is 4. The van der Waals surface area contributed by atoms with Crippen LogP contribution in [-0.2, 0) is 0 Å². The minimum absolute atomic E-state index is 0.0158. The number of pyridine rings is 1. The molecule has 4 rings (SSSR count). The van der Waals surface area contributed by atoms with Crippen molar-refractivity contribution in [1.29, 1.82) is 0 Å². The van der Waals surface area contributed by atoms with Gasteiger partial charge in [-0.1, -0.05) is 6.92 Å². The van der Waals surface area contributed by atoms with E-state index in [0.29, 0.717) is 18.7 Å². The van der Waals surface area contributed by atoms with E-state index in [9.17, 15) is 13.6 Å². The summed E-state index contributed by atoms with van der Waals surface area (Å²) in [7, 11) is 0. The monoisotopic (exact) mass is 426 g/mol. The Morgan fingerprint density at radius 1 is 1.23 bits per heavy atom. The van der Waals surface area contributed by atoms with E-state index >= 15 is 0 Å². The van der Waals surface area contributed by atoms with Crippen molar-refractivity contribution in [1.82, 2.24) is 24.9 Å². The van der Waals surface area contributed by atoms with E-state index in [1.54, 1.807) is 18.3 Å². The number of piperidine rings is 1. The van der Waals surface area contributed by atoms with Gasteiger partial charge in [0.25, 0.3) is 5.91 Å². The summed E-state index contributed by atoms with van der Waals surface area (Å²) in [4.78, 5) is 20.4. The van der Waals surface area contributed by atoms with Gasteiger partial charge in [0.2, 0.25) is 0 Å². The average molecular weight is 426 g/mol. The number of halogens is 2. The van der Waals surface area contributed by atoms with Gasteiger partial charge in [0.15, 0.2) is 11.6 Å². The summed E-state index contributed by atoms with van der Waals surface area (Å²) in [5.41, 5.74) is 2.15. The molecule has 0 aliphatic carbocycles. The van der Waals surface area contributed by atoms with Gasteiger partial charge in [-0.25, -0.2) is 13.8 Å². The highest BCUT2D eigenvalue weighted by Gasteiger charge is 2.32. The third-order valence-electron chi connectivity index (χ3n) is 5.61. The highest BCUT2D eigenvalue weighted by Crippen LogP contribution is 2.26. The summed E-state index contributed by atoms with van der Waals surface area (Å²) in [6.07, 6.45) is 4.51. The third kappa shape index (κ3) is 4.55. The van der Waals surface area contributed by atoms with Gasteiger partial charge in [0.05, 0.1) is 29.8 Å². The Hall–Kier alpha value is -3.36. The Balaban J connectivity index is 1.49. The van der Waals surface area contributed by atoms with Gasteiger partial charge in [-0.15, -0.1) is 0 Å². The van der Waals surface area contributed by atoms with E-state index in [1.807, 2.05) is 24.0 Å². The lowest BCUT2D eigenvalue weighted by Gasteiger charge is -2.40. The fraction of sp³-hybridized carbons (Fsp3) is 0.364. The van der Waals surface area contributed by atoms with E-state index in [4.69, 9.17) is 0 Å². The topological polar surface area (TPSA) is 75.9 Å². The first-order valence-electron chi connectivity index (χ1n) is 10.3. The zero-order valence-electron chi connectivity index (χ0n) is 17.4. The summed E-state index contributed by atoms with van der Waals surface area (Å²) in [6.45, 7) is 4.89. The second-order valence-corrected chi connectivity index (χ2v) is 7.87. The molecule has 1 aliphatic rings. The summed E-state index contributed by atoms with van der Waals surface area (Å²) in [5, 5.41) is 11.4. The van der Waals surface area contributed by atoms with Crippen LogP contribution in [0.25, 0.3) is 5.69 Å². The first kappa shape index (κ1) is 20.9. The lowest BCUT2D eigenvalue weighted by Crippen LogP contribution is -2.51. The van der Waals surface area contributed by atoms with Crippen LogP contribution in [0.4, 0.5) is 14.6 Å². The first-order chi connectivity index (χ1) is 14.9. The van der Waals surface area contributed by atoms with E-state index in [1.165, 1.54) is 4.80 Å². The van der Waals surface area contributed by atoms with Crippen molar-refractivity contribution >= 4 is 11.7 Å². The van der Waals surface area contributed by atoms with Crippen molar-refractivity contribution in [3.63, 3.8) is 0 Å². The molecule has 0 radical (unpaired) electrons. The van der Waals surface area contributed by atoms with Crippen molar-refractivity contribution in [2.24, 2.45) is 5.92 Å². The molecule has 1 N–H and O–H groups in total. The Kier molecular flexibility index (Phi) is 5.92. The third-order valence-corrected chi connectivity index (χ3v) is 5.61. The molecule has 162 valence electrons. The Labute approximate surface area is 179 Å². The first-order valence-corrected chi connectivity index (χ1v) is 10.3. The molecule has 1 amide bonds. The predicted octanol–water partition coefficient (Wildman–Crippen LogP) is 3.60. The zero-order chi connectivity index (χ0) is 22.0. The molecule has 1 fully saturated rings. The van der Waals surface area contributed by atoms with Crippen LogP contribution in [-0.4, -0.2) is 49.9 Å². The number of nitrogens with zero attached hydrogens (tertiary/aromatic N) is 5. The van der Waals surface area contributed by atoms with Crippen LogP contribution in [0, 0.1) is 24.5 Å². The highest BCUT2D eigenvalue weighted by molar-refractivity contribution is 5.94. The molecule has 0 unspecified atom stereocenters. The van der Waals surface area contributed by atoms with Gasteiger partial charge >= 0.3 is 0 Å². The van der Waals surface area contributed by atoms with Gasteiger partial charge in [-0.2, -0.15) is 15.0 Å². The number of nitrogens with one attached hydrogen (secondary N) is 1. The number of rotatable bonds is 5. The maximum absolute atomic E-state index is 13.9. The highest BCUT2D eigenvalue weighted by atomic mass is 19.1. The second-order valence-electron chi connectivity index (χ2n) is 7.87. The van der Waals surface area contributed by atoms with Gasteiger partial charge in [-0.05, 0) is 49.9 Å². The molecule has 0 spiro atoms. The molecule has 2 atom stereocenters. The number of likely N-dealkylation sites (tertiary alicyclic amines) is 1. The van der Waals surface area contributed by atoms with Crippen molar-refractivity contribution in [2.45, 2.75) is 32.7 Å². The van der Waals surface area contributed by atoms with E-state index < -0.39 is 11.6 Å². The maximum atomic E-state index is 13.9. The van der Waals surface area contributed by atoms with Crippen molar-refractivity contribution in [3.8, 4) is 5.69 Å². The molecule has 3 aromatic rings. The molecule has 1 aliphatic heterocycles. The Morgan fingerprint density at radius 3 is 2.68 bits per heavy atom. The van der Waals surface area contributed by atoms with Crippen LogP contribution in [0.2, 0.25) is 0 Å². The SMILES string of the molecule is Cc1cnn(-c2ccc(C(=O)N3CCC[C@@H](C)[C@H]3CNc3ncc(F)cc3F)cc2)n1. The number of carbonyl (C=O) groups excluding carboxylic acids is 1. The minimum Gasteiger partial charge on any atom is -0.366 e. The summed E-state index contributed by atoms with van der Waals surface area (Å²) in [5.74, 6) is -1.35. The van der Waals surface area contributed by atoms with E-state index in [0.717, 1.165) is 36.5 Å². The molecule has 1 aromatic carbocycles. The molecule has 7 nitrogen and oxygen atoms in total. The lowest BCUT2D eigenvalue weighted by molar-refractivity contribution is 0.0540. The number of amides is 1. The number of hydrogen-bond acceptors (Lipinski definition) is 5. The van der Waals surface area contributed by atoms with Crippen molar-refractivity contribution in [2.75, 3.05) is 18.4 Å². The van der Waals surface area contributed by atoms with Crippen LogP contribution in [0.1, 0.15) is 35.8 Å². The zero-order valence-corrected chi connectivity index (χ0v) is 17.4. The normalized spacial score (nSPS) is 18.8. The van der Waals surface area contributed by atoms with Crippen LogP contribution in [0.15, 0.2) is 42.7 Å². The minimum atomic E-state index is -0.751. The van der Waals surface area contributed by atoms with Gasteiger partial charge in [0, 0.05) is 24.7 Å². The van der Waals surface area contributed by atoms with Crippen LogP contribution < -0.4 is 5.32 Å². The maximum Gasteiger partial charge on any atom is 0.254 e. The molecule has 31 heavy (non-hydrogen) atoms. The summed E-state index contributed by atoms with van der Waals surface area (Å²) < 4.78 is 27.0. The van der Waals surface area contributed by atoms with Crippen LogP contribution >= 0.6 is 0 Å². The molecular weight excluding hydrogens is 402 g/mol. The molecule has 1 saturated heterocycles. The number of aryl methyl sites for hydroxylation is 1. The average Bonchev–Trinajstić information content (AvgIpc) is 3.20. The quantitative estimate of drug-likeness (QED) is 0.675. The predicted molar refractivity (Wildman–Crippen MR) is 112 cm³/mol. The molecular formula is C22H24F2N6O. The molecule has 3 heterocycles. The number of carbonyl (C=O) groups is 1. The van der Waals surface area contributed by atoms with Crippen LogP contribution in [0.3, 0.4) is 0 Å². The van der Waals surface area contributed by atoms with E-state index in [-0.39, 0.29) is 23.7 Å². The van der Waals surface area contributed by atoms with Crippen molar-refractivity contribution in [3.05, 3.63) is 65.6 Å².